The lowest BCUT2D eigenvalue weighted by Crippen LogP contribution is -2.38. The second-order valence-electron chi connectivity index (χ2n) is 7.14. The van der Waals surface area contributed by atoms with Gasteiger partial charge in [0.05, 0.1) is 27.4 Å². The molecule has 1 aromatic heterocycles. The van der Waals surface area contributed by atoms with E-state index in [2.05, 4.69) is 0 Å². The lowest BCUT2D eigenvalue weighted by atomic mass is 9.78. The van der Waals surface area contributed by atoms with Gasteiger partial charge in [0.2, 0.25) is 0 Å². The molecule has 12 heteroatoms. The number of nitro benzene ring substituents is 1. The molecule has 1 atom stereocenters. The zero-order chi connectivity index (χ0) is 23.2. The van der Waals surface area contributed by atoms with Crippen molar-refractivity contribution in [2.45, 2.75) is 25.2 Å². The smallest absolute Gasteiger partial charge is 0.324 e. The largest absolute Gasteiger partial charge is 0.384 e. The molecular weight excluding hydrogens is 458 g/mol. The molecule has 1 aromatic carbocycles. The Morgan fingerprint density at radius 2 is 1.94 bits per heavy atom. The predicted molar refractivity (Wildman–Crippen MR) is 117 cm³/mol. The number of hydrogen-bond donors (Lipinski definition) is 1. The molecule has 1 aliphatic carbocycles. The highest BCUT2D eigenvalue weighted by molar-refractivity contribution is 7.15. The van der Waals surface area contributed by atoms with Crippen LogP contribution in [0.15, 0.2) is 53.0 Å². The summed E-state index contributed by atoms with van der Waals surface area (Å²) in [5, 5.41) is 32.8. The van der Waals surface area contributed by atoms with Crippen LogP contribution in [0, 0.1) is 31.6 Å². The standard InChI is InChI=1S/C20H14ClN5O5S/c21-10-4-5-12(14(8-10)25(28)29)24-13-2-1-3-15(27)19(13)18(11(9-22)20(24)23)16-6-7-17(32-16)26(30)31/h4-8,18H,1-3,23H2. The quantitative estimate of drug-likeness (QED) is 0.503. The molecule has 2 heterocycles. The van der Waals surface area contributed by atoms with Gasteiger partial charge in [-0.1, -0.05) is 22.9 Å². The van der Waals surface area contributed by atoms with Crippen LogP contribution in [0.1, 0.15) is 30.1 Å². The van der Waals surface area contributed by atoms with Gasteiger partial charge in [0, 0.05) is 39.7 Å². The Balaban J connectivity index is 1.99. The molecule has 162 valence electrons. The summed E-state index contributed by atoms with van der Waals surface area (Å²) in [6, 6.07) is 8.90. The molecule has 1 aliphatic heterocycles. The molecule has 0 saturated heterocycles. The summed E-state index contributed by atoms with van der Waals surface area (Å²) in [6.45, 7) is 0. The molecule has 0 fully saturated rings. The molecule has 2 aromatic rings. The van der Waals surface area contributed by atoms with Crippen molar-refractivity contribution in [3.8, 4) is 6.07 Å². The Labute approximate surface area is 190 Å². The van der Waals surface area contributed by atoms with E-state index in [1.54, 1.807) is 0 Å². The summed E-state index contributed by atoms with van der Waals surface area (Å²) < 4.78 is 0. The first-order valence-electron chi connectivity index (χ1n) is 9.38. The zero-order valence-electron chi connectivity index (χ0n) is 16.3. The first-order valence-corrected chi connectivity index (χ1v) is 10.6. The van der Waals surface area contributed by atoms with Crippen LogP contribution < -0.4 is 10.6 Å². The number of allylic oxidation sites excluding steroid dienone is 3. The van der Waals surface area contributed by atoms with Gasteiger partial charge >= 0.3 is 5.00 Å². The average Bonchev–Trinajstić information content (AvgIpc) is 3.24. The average molecular weight is 472 g/mol. The van der Waals surface area contributed by atoms with E-state index < -0.39 is 15.8 Å². The molecule has 4 rings (SSSR count). The molecule has 0 spiro atoms. The highest BCUT2D eigenvalue weighted by Crippen LogP contribution is 2.49. The van der Waals surface area contributed by atoms with Crippen LogP contribution in [-0.4, -0.2) is 15.6 Å². The highest BCUT2D eigenvalue weighted by atomic mass is 35.5. The SMILES string of the molecule is N#CC1=C(N)N(c2ccc(Cl)cc2[N+](=O)[O-])C2=C(C(=O)CCC2)C1c1ccc([N+](=O)[O-])s1. The van der Waals surface area contributed by atoms with Crippen molar-refractivity contribution in [3.63, 3.8) is 0 Å². The van der Waals surface area contributed by atoms with Crippen molar-refractivity contribution in [1.82, 2.24) is 0 Å². The van der Waals surface area contributed by atoms with Crippen LogP contribution in [-0.2, 0) is 4.79 Å². The van der Waals surface area contributed by atoms with Gasteiger partial charge in [-0.25, -0.2) is 0 Å². The zero-order valence-corrected chi connectivity index (χ0v) is 17.9. The molecule has 1 unspecified atom stereocenters. The maximum absolute atomic E-state index is 13.0. The number of halogens is 1. The van der Waals surface area contributed by atoms with Crippen LogP contribution in [0.25, 0.3) is 0 Å². The summed E-state index contributed by atoms with van der Waals surface area (Å²) in [4.78, 5) is 36.6. The minimum absolute atomic E-state index is 0.00000378. The number of nitro groups is 2. The Morgan fingerprint density at radius 3 is 2.56 bits per heavy atom. The Hall–Kier alpha value is -3.75. The predicted octanol–water partition coefficient (Wildman–Crippen LogP) is 4.52. The first-order chi connectivity index (χ1) is 15.2. The van der Waals surface area contributed by atoms with Gasteiger partial charge in [-0.15, -0.1) is 0 Å². The summed E-state index contributed by atoms with van der Waals surface area (Å²) in [5.41, 5.74) is 6.86. The minimum Gasteiger partial charge on any atom is -0.384 e. The van der Waals surface area contributed by atoms with Crippen molar-refractivity contribution in [2.75, 3.05) is 4.90 Å². The van der Waals surface area contributed by atoms with E-state index in [4.69, 9.17) is 17.3 Å². The molecule has 2 N–H and O–H groups in total. The van der Waals surface area contributed by atoms with Crippen LogP contribution in [0.4, 0.5) is 16.4 Å². The fourth-order valence-electron chi connectivity index (χ4n) is 4.07. The van der Waals surface area contributed by atoms with Gasteiger partial charge < -0.3 is 5.73 Å². The third-order valence-electron chi connectivity index (χ3n) is 5.37. The van der Waals surface area contributed by atoms with E-state index in [0.29, 0.717) is 23.4 Å². The van der Waals surface area contributed by atoms with Gasteiger partial charge in [-0.2, -0.15) is 5.26 Å². The van der Waals surface area contributed by atoms with Crippen LogP contribution >= 0.6 is 22.9 Å². The van der Waals surface area contributed by atoms with Crippen molar-refractivity contribution in [2.24, 2.45) is 5.73 Å². The fraction of sp³-hybridized carbons (Fsp3) is 0.200. The first kappa shape index (κ1) is 21.5. The molecular formula is C20H14ClN5O5S. The lowest BCUT2D eigenvalue weighted by Gasteiger charge is -2.38. The third kappa shape index (κ3) is 3.39. The number of carbonyl (C=O) groups is 1. The topological polar surface area (TPSA) is 156 Å². The van der Waals surface area contributed by atoms with E-state index in [0.717, 1.165) is 11.3 Å². The van der Waals surface area contributed by atoms with E-state index in [1.807, 2.05) is 6.07 Å². The van der Waals surface area contributed by atoms with Crippen LogP contribution in [0.3, 0.4) is 0 Å². The summed E-state index contributed by atoms with van der Waals surface area (Å²) in [7, 11) is 0. The molecule has 2 aliphatic rings. The number of nitrogens with two attached hydrogens (primary N) is 1. The molecule has 0 amide bonds. The number of hydrogen-bond acceptors (Lipinski definition) is 9. The second kappa shape index (κ2) is 8.07. The van der Waals surface area contributed by atoms with Crippen molar-refractivity contribution in [3.05, 3.63) is 83.1 Å². The van der Waals surface area contributed by atoms with E-state index in [9.17, 15) is 30.3 Å². The maximum atomic E-state index is 13.0. The van der Waals surface area contributed by atoms with Gasteiger partial charge in [-0.3, -0.25) is 29.9 Å². The number of Topliss-reactive ketones (excluding diaryl/α,β-unsaturated/α-hetero) is 1. The van der Waals surface area contributed by atoms with Gasteiger partial charge in [0.25, 0.3) is 5.69 Å². The Morgan fingerprint density at radius 1 is 1.19 bits per heavy atom. The number of nitriles is 1. The molecule has 10 nitrogen and oxygen atoms in total. The number of ketones is 1. The fourth-order valence-corrected chi connectivity index (χ4v) is 5.18. The number of rotatable bonds is 4. The van der Waals surface area contributed by atoms with Gasteiger partial charge in [-0.05, 0) is 31.0 Å². The normalized spacial score (nSPS) is 18.4. The van der Waals surface area contributed by atoms with Gasteiger partial charge in [0.15, 0.2) is 5.78 Å². The number of benzene rings is 1. The maximum Gasteiger partial charge on any atom is 0.324 e. The van der Waals surface area contributed by atoms with Crippen molar-refractivity contribution < 1.29 is 14.6 Å². The van der Waals surface area contributed by atoms with E-state index in [-0.39, 0.29) is 50.6 Å². The minimum atomic E-state index is -0.871. The van der Waals surface area contributed by atoms with Crippen molar-refractivity contribution >= 4 is 45.1 Å². The van der Waals surface area contributed by atoms with E-state index >= 15 is 0 Å². The number of nitrogens with zero attached hydrogens (tertiary/aromatic N) is 4. The lowest BCUT2D eigenvalue weighted by molar-refractivity contribution is -0.384. The third-order valence-corrected chi connectivity index (χ3v) is 6.70. The number of anilines is 1. The summed E-state index contributed by atoms with van der Waals surface area (Å²) in [6.07, 6.45) is 1.13. The number of thiophene rings is 1. The molecule has 0 saturated carbocycles. The molecule has 32 heavy (non-hydrogen) atoms. The number of carbonyl (C=O) groups excluding carboxylic acids is 1. The van der Waals surface area contributed by atoms with Gasteiger partial charge in [0.1, 0.15) is 11.5 Å². The van der Waals surface area contributed by atoms with Crippen LogP contribution in [0.2, 0.25) is 5.02 Å². The molecule has 0 radical (unpaired) electrons. The second-order valence-corrected chi connectivity index (χ2v) is 8.67. The highest BCUT2D eigenvalue weighted by Gasteiger charge is 2.42. The Kier molecular flexibility index (Phi) is 5.41. The monoisotopic (exact) mass is 471 g/mol. The van der Waals surface area contributed by atoms with E-state index in [1.165, 1.54) is 35.2 Å². The Bertz CT molecular complexity index is 1290. The summed E-state index contributed by atoms with van der Waals surface area (Å²) in [5.74, 6) is -1.16. The van der Waals surface area contributed by atoms with Crippen LogP contribution in [0.5, 0.6) is 0 Å². The van der Waals surface area contributed by atoms with Crippen molar-refractivity contribution in [1.29, 1.82) is 5.26 Å². The molecule has 0 bridgehead atoms. The summed E-state index contributed by atoms with van der Waals surface area (Å²) >= 11 is 6.81.